The Hall–Kier alpha value is -0.800. The van der Waals surface area contributed by atoms with Crippen LogP contribution < -0.4 is 10.5 Å². The summed E-state index contributed by atoms with van der Waals surface area (Å²) >= 11 is 3.52. The third kappa shape index (κ3) is 4.52. The van der Waals surface area contributed by atoms with Gasteiger partial charge in [-0.15, -0.1) is 0 Å². The zero-order valence-electron chi connectivity index (χ0n) is 10.4. The molecule has 94 valence electrons. The van der Waals surface area contributed by atoms with Gasteiger partial charge in [0.1, 0.15) is 12.4 Å². The zero-order valence-corrected chi connectivity index (χ0v) is 12.0. The fraction of sp³-hybridized carbons (Fsp3) is 0.429. The molecule has 1 rings (SSSR count). The van der Waals surface area contributed by atoms with Gasteiger partial charge < -0.3 is 10.5 Å². The number of nitrogens with two attached hydrogens (primary N) is 1. The van der Waals surface area contributed by atoms with Crippen molar-refractivity contribution in [1.29, 1.82) is 0 Å². The molecule has 0 heterocycles. The summed E-state index contributed by atoms with van der Waals surface area (Å²) in [6.45, 7) is 4.67. The number of allylic oxidation sites excluding steroid dienone is 1. The average Bonchev–Trinajstić information content (AvgIpc) is 2.32. The summed E-state index contributed by atoms with van der Waals surface area (Å²) in [6.07, 6.45) is 5.79. The molecule has 0 bridgehead atoms. The quantitative estimate of drug-likeness (QED) is 0.813. The van der Waals surface area contributed by atoms with Crippen molar-refractivity contribution >= 4 is 15.9 Å². The highest BCUT2D eigenvalue weighted by Gasteiger charge is 2.10. The standard InChI is InChI=1S/C14H20BrNO/c1-3-5-9-17-14-11(10-12(16)4-2)7-6-8-13(14)15/h3,5-8,12H,4,9-10,16H2,1-2H3/b5-3+. The second-order valence-electron chi connectivity index (χ2n) is 3.98. The fourth-order valence-corrected chi connectivity index (χ4v) is 2.05. The minimum Gasteiger partial charge on any atom is -0.488 e. The Kier molecular flexibility index (Phi) is 6.30. The summed E-state index contributed by atoms with van der Waals surface area (Å²) in [5.74, 6) is 0.912. The Bertz CT molecular complexity index is 376. The highest BCUT2D eigenvalue weighted by atomic mass is 79.9. The highest BCUT2D eigenvalue weighted by Crippen LogP contribution is 2.30. The molecule has 0 radical (unpaired) electrons. The zero-order chi connectivity index (χ0) is 12.7. The van der Waals surface area contributed by atoms with E-state index in [1.807, 2.05) is 31.2 Å². The largest absolute Gasteiger partial charge is 0.488 e. The number of hydrogen-bond acceptors (Lipinski definition) is 2. The van der Waals surface area contributed by atoms with Crippen LogP contribution in [0.3, 0.4) is 0 Å². The maximum atomic E-state index is 5.99. The molecular weight excluding hydrogens is 278 g/mol. The van der Waals surface area contributed by atoms with E-state index in [1.54, 1.807) is 0 Å². The summed E-state index contributed by atoms with van der Waals surface area (Å²) in [4.78, 5) is 0. The number of benzene rings is 1. The second-order valence-corrected chi connectivity index (χ2v) is 4.83. The molecule has 0 amide bonds. The summed E-state index contributed by atoms with van der Waals surface area (Å²) in [5, 5.41) is 0. The summed E-state index contributed by atoms with van der Waals surface area (Å²) in [7, 11) is 0. The SMILES string of the molecule is C/C=C/COc1c(Br)cccc1CC(N)CC. The molecule has 0 aliphatic heterocycles. The number of ether oxygens (including phenoxy) is 1. The Balaban J connectivity index is 2.83. The van der Waals surface area contributed by atoms with Crippen molar-refractivity contribution in [3.05, 3.63) is 40.4 Å². The van der Waals surface area contributed by atoms with Crippen LogP contribution in [0.25, 0.3) is 0 Å². The van der Waals surface area contributed by atoms with Crippen molar-refractivity contribution in [2.24, 2.45) is 5.73 Å². The van der Waals surface area contributed by atoms with Crippen LogP contribution in [0.1, 0.15) is 25.8 Å². The molecule has 0 aliphatic rings. The lowest BCUT2D eigenvalue weighted by Gasteiger charge is -2.15. The van der Waals surface area contributed by atoms with Crippen LogP contribution in [0.4, 0.5) is 0 Å². The summed E-state index contributed by atoms with van der Waals surface area (Å²) in [6, 6.07) is 6.27. The maximum Gasteiger partial charge on any atom is 0.137 e. The van der Waals surface area contributed by atoms with Gasteiger partial charge in [-0.25, -0.2) is 0 Å². The second kappa shape index (κ2) is 7.51. The summed E-state index contributed by atoms with van der Waals surface area (Å²) < 4.78 is 6.75. The Labute approximate surface area is 112 Å². The van der Waals surface area contributed by atoms with E-state index in [1.165, 1.54) is 5.56 Å². The molecule has 0 saturated carbocycles. The van der Waals surface area contributed by atoms with Gasteiger partial charge in [0.05, 0.1) is 4.47 Å². The molecular formula is C14H20BrNO. The Morgan fingerprint density at radius 3 is 2.88 bits per heavy atom. The van der Waals surface area contributed by atoms with E-state index in [9.17, 15) is 0 Å². The predicted octanol–water partition coefficient (Wildman–Crippen LogP) is 3.68. The van der Waals surface area contributed by atoms with Crippen LogP contribution in [0.2, 0.25) is 0 Å². The van der Waals surface area contributed by atoms with Crippen molar-refractivity contribution in [1.82, 2.24) is 0 Å². The van der Waals surface area contributed by atoms with E-state index >= 15 is 0 Å². The first-order valence-corrected chi connectivity index (χ1v) is 6.75. The van der Waals surface area contributed by atoms with Gasteiger partial charge in [0.15, 0.2) is 0 Å². The lowest BCUT2D eigenvalue weighted by Crippen LogP contribution is -2.21. The Morgan fingerprint density at radius 2 is 2.24 bits per heavy atom. The van der Waals surface area contributed by atoms with Crippen LogP contribution in [0.15, 0.2) is 34.8 Å². The normalized spacial score (nSPS) is 12.9. The molecule has 0 spiro atoms. The number of rotatable bonds is 6. The first-order valence-electron chi connectivity index (χ1n) is 5.96. The first kappa shape index (κ1) is 14.3. The molecule has 1 aromatic carbocycles. The van der Waals surface area contributed by atoms with E-state index in [0.717, 1.165) is 23.1 Å². The van der Waals surface area contributed by atoms with Crippen molar-refractivity contribution < 1.29 is 4.74 Å². The molecule has 1 aromatic rings. The van der Waals surface area contributed by atoms with Gasteiger partial charge in [-0.2, -0.15) is 0 Å². The van der Waals surface area contributed by atoms with Gasteiger partial charge in [-0.1, -0.05) is 31.2 Å². The molecule has 0 fully saturated rings. The van der Waals surface area contributed by atoms with Gasteiger partial charge in [-0.3, -0.25) is 0 Å². The van der Waals surface area contributed by atoms with Gasteiger partial charge in [0.25, 0.3) is 0 Å². The lowest BCUT2D eigenvalue weighted by molar-refractivity contribution is 0.355. The molecule has 1 unspecified atom stereocenters. The molecule has 0 aromatic heterocycles. The summed E-state index contributed by atoms with van der Waals surface area (Å²) in [5.41, 5.74) is 7.16. The fourth-order valence-electron chi connectivity index (χ4n) is 1.53. The average molecular weight is 298 g/mol. The molecule has 2 N–H and O–H groups in total. The molecule has 0 aliphatic carbocycles. The van der Waals surface area contributed by atoms with Crippen LogP contribution in [-0.2, 0) is 6.42 Å². The van der Waals surface area contributed by atoms with Crippen molar-refractivity contribution in [2.45, 2.75) is 32.7 Å². The van der Waals surface area contributed by atoms with Crippen molar-refractivity contribution in [2.75, 3.05) is 6.61 Å². The first-order chi connectivity index (χ1) is 8.19. The third-order valence-electron chi connectivity index (χ3n) is 2.61. The predicted molar refractivity (Wildman–Crippen MR) is 76.4 cm³/mol. The molecule has 2 nitrogen and oxygen atoms in total. The molecule has 17 heavy (non-hydrogen) atoms. The van der Waals surface area contributed by atoms with E-state index in [4.69, 9.17) is 10.5 Å². The van der Waals surface area contributed by atoms with Gasteiger partial charge in [0, 0.05) is 6.04 Å². The molecule has 3 heteroatoms. The molecule has 0 saturated heterocycles. The van der Waals surface area contributed by atoms with Crippen LogP contribution in [0, 0.1) is 0 Å². The Morgan fingerprint density at radius 1 is 1.47 bits per heavy atom. The maximum absolute atomic E-state index is 5.99. The van der Waals surface area contributed by atoms with Crippen LogP contribution in [0.5, 0.6) is 5.75 Å². The van der Waals surface area contributed by atoms with E-state index < -0.39 is 0 Å². The minimum absolute atomic E-state index is 0.188. The minimum atomic E-state index is 0.188. The van der Waals surface area contributed by atoms with E-state index in [-0.39, 0.29) is 6.04 Å². The number of hydrogen-bond donors (Lipinski definition) is 1. The van der Waals surface area contributed by atoms with Crippen molar-refractivity contribution in [3.8, 4) is 5.75 Å². The third-order valence-corrected chi connectivity index (χ3v) is 3.24. The lowest BCUT2D eigenvalue weighted by atomic mass is 10.0. The number of halogens is 1. The van der Waals surface area contributed by atoms with Crippen LogP contribution >= 0.6 is 15.9 Å². The molecule has 1 atom stereocenters. The smallest absolute Gasteiger partial charge is 0.137 e. The number of para-hydroxylation sites is 1. The topological polar surface area (TPSA) is 35.2 Å². The van der Waals surface area contributed by atoms with Gasteiger partial charge >= 0.3 is 0 Å². The highest BCUT2D eigenvalue weighted by molar-refractivity contribution is 9.10. The van der Waals surface area contributed by atoms with Gasteiger partial charge in [0.2, 0.25) is 0 Å². The monoisotopic (exact) mass is 297 g/mol. The van der Waals surface area contributed by atoms with Gasteiger partial charge in [-0.05, 0) is 47.3 Å². The van der Waals surface area contributed by atoms with E-state index in [2.05, 4.69) is 28.9 Å². The van der Waals surface area contributed by atoms with E-state index in [0.29, 0.717) is 6.61 Å². The van der Waals surface area contributed by atoms with Crippen molar-refractivity contribution in [3.63, 3.8) is 0 Å². The van der Waals surface area contributed by atoms with Crippen LogP contribution in [-0.4, -0.2) is 12.6 Å².